The minimum atomic E-state index is -2.96. The summed E-state index contributed by atoms with van der Waals surface area (Å²) in [6, 6.07) is 4.31. The normalized spacial score (nSPS) is 13.6. The molecule has 0 amide bonds. The Balaban J connectivity index is 2.64. The molecule has 0 aliphatic heterocycles. The fourth-order valence-corrected chi connectivity index (χ4v) is 2.78. The highest BCUT2D eigenvalue weighted by molar-refractivity contribution is 9.10. The standard InChI is InChI=1S/C11H15BrFNO2S/c1-17(15,16)7-3-6-10(14)8-4-2-5-9(13)11(8)12/h2,4-5,10H,3,6-7,14H2,1H3. The van der Waals surface area contributed by atoms with Gasteiger partial charge in [-0.05, 0) is 40.4 Å². The number of nitrogens with two attached hydrogens (primary N) is 1. The van der Waals surface area contributed by atoms with Gasteiger partial charge in [-0.25, -0.2) is 12.8 Å². The van der Waals surface area contributed by atoms with Gasteiger partial charge < -0.3 is 5.73 Å². The van der Waals surface area contributed by atoms with E-state index in [1.807, 2.05) is 0 Å². The highest BCUT2D eigenvalue weighted by Gasteiger charge is 2.13. The van der Waals surface area contributed by atoms with Crippen molar-refractivity contribution in [3.63, 3.8) is 0 Å². The first kappa shape index (κ1) is 14.6. The van der Waals surface area contributed by atoms with Crippen LogP contribution in [0.25, 0.3) is 0 Å². The lowest BCUT2D eigenvalue weighted by molar-refractivity contribution is 0.581. The average Bonchev–Trinajstić information content (AvgIpc) is 2.20. The third kappa shape index (κ3) is 4.73. The quantitative estimate of drug-likeness (QED) is 0.905. The smallest absolute Gasteiger partial charge is 0.147 e. The minimum absolute atomic E-state index is 0.105. The molecule has 0 heterocycles. The molecule has 2 N–H and O–H groups in total. The molecular weight excluding hydrogens is 309 g/mol. The van der Waals surface area contributed by atoms with E-state index in [2.05, 4.69) is 15.9 Å². The van der Waals surface area contributed by atoms with Crippen molar-refractivity contribution in [2.24, 2.45) is 5.73 Å². The van der Waals surface area contributed by atoms with Crippen LogP contribution in [0.1, 0.15) is 24.4 Å². The Bertz CT molecular complexity index is 490. The second kappa shape index (κ2) is 5.93. The van der Waals surface area contributed by atoms with Crippen molar-refractivity contribution in [1.29, 1.82) is 0 Å². The SMILES string of the molecule is CS(=O)(=O)CCCC(N)c1cccc(F)c1Br. The third-order valence-corrected chi connectivity index (χ3v) is 4.28. The van der Waals surface area contributed by atoms with Crippen LogP contribution in [0.5, 0.6) is 0 Å². The maximum Gasteiger partial charge on any atom is 0.147 e. The van der Waals surface area contributed by atoms with Crippen molar-refractivity contribution < 1.29 is 12.8 Å². The van der Waals surface area contributed by atoms with E-state index in [0.29, 0.717) is 22.9 Å². The molecule has 0 bridgehead atoms. The van der Waals surface area contributed by atoms with Crippen LogP contribution in [0.2, 0.25) is 0 Å². The summed E-state index contributed by atoms with van der Waals surface area (Å²) in [4.78, 5) is 0. The van der Waals surface area contributed by atoms with Crippen molar-refractivity contribution in [2.75, 3.05) is 12.0 Å². The predicted octanol–water partition coefficient (Wildman–Crippen LogP) is 2.41. The third-order valence-electron chi connectivity index (χ3n) is 2.41. The molecule has 1 aromatic rings. The van der Waals surface area contributed by atoms with Gasteiger partial charge in [0.2, 0.25) is 0 Å². The summed E-state index contributed by atoms with van der Waals surface area (Å²) in [5.74, 6) is -0.255. The molecule has 3 nitrogen and oxygen atoms in total. The number of halogens is 2. The van der Waals surface area contributed by atoms with Gasteiger partial charge in [-0.2, -0.15) is 0 Å². The molecule has 6 heteroatoms. The predicted molar refractivity (Wildman–Crippen MR) is 70.0 cm³/mol. The highest BCUT2D eigenvalue weighted by Crippen LogP contribution is 2.27. The van der Waals surface area contributed by atoms with Crippen molar-refractivity contribution in [3.05, 3.63) is 34.1 Å². The molecular formula is C11H15BrFNO2S. The summed E-state index contributed by atoms with van der Waals surface area (Å²) < 4.78 is 35.5. The zero-order valence-corrected chi connectivity index (χ0v) is 11.9. The summed E-state index contributed by atoms with van der Waals surface area (Å²) >= 11 is 3.14. The molecule has 0 spiro atoms. The Morgan fingerprint density at radius 1 is 1.47 bits per heavy atom. The van der Waals surface area contributed by atoms with Gasteiger partial charge in [0.1, 0.15) is 15.7 Å². The zero-order chi connectivity index (χ0) is 13.1. The average molecular weight is 324 g/mol. The van der Waals surface area contributed by atoms with Crippen LogP contribution >= 0.6 is 15.9 Å². The van der Waals surface area contributed by atoms with Crippen LogP contribution in [0.3, 0.4) is 0 Å². The molecule has 1 aromatic carbocycles. The lowest BCUT2D eigenvalue weighted by atomic mass is 10.0. The molecule has 0 aliphatic carbocycles. The number of rotatable bonds is 5. The van der Waals surface area contributed by atoms with Crippen LogP contribution in [-0.4, -0.2) is 20.4 Å². The van der Waals surface area contributed by atoms with Gasteiger partial charge in [0.05, 0.1) is 4.47 Å². The summed E-state index contributed by atoms with van der Waals surface area (Å²) in [5, 5.41) is 0. The molecule has 0 saturated heterocycles. The Labute approximate surface area is 109 Å². The number of sulfone groups is 1. The number of hydrogen-bond acceptors (Lipinski definition) is 3. The van der Waals surface area contributed by atoms with E-state index in [0.717, 1.165) is 0 Å². The topological polar surface area (TPSA) is 60.2 Å². The van der Waals surface area contributed by atoms with E-state index in [1.165, 1.54) is 12.3 Å². The van der Waals surface area contributed by atoms with E-state index in [-0.39, 0.29) is 17.6 Å². The molecule has 0 aliphatic rings. The van der Waals surface area contributed by atoms with Gasteiger partial charge in [-0.3, -0.25) is 0 Å². The van der Waals surface area contributed by atoms with Crippen molar-refractivity contribution in [3.8, 4) is 0 Å². The first-order valence-electron chi connectivity index (χ1n) is 5.18. The number of benzene rings is 1. The van der Waals surface area contributed by atoms with Crippen LogP contribution < -0.4 is 5.73 Å². The molecule has 1 unspecified atom stereocenters. The zero-order valence-electron chi connectivity index (χ0n) is 9.49. The molecule has 0 fully saturated rings. The summed E-state index contributed by atoms with van der Waals surface area (Å²) in [6.45, 7) is 0. The highest BCUT2D eigenvalue weighted by atomic mass is 79.9. The molecule has 17 heavy (non-hydrogen) atoms. The van der Waals surface area contributed by atoms with Crippen molar-refractivity contribution in [1.82, 2.24) is 0 Å². The second-order valence-corrected chi connectivity index (χ2v) is 7.07. The van der Waals surface area contributed by atoms with Crippen LogP contribution in [-0.2, 0) is 9.84 Å². The van der Waals surface area contributed by atoms with Gasteiger partial charge in [0.15, 0.2) is 0 Å². The van der Waals surface area contributed by atoms with Crippen LogP contribution in [0.4, 0.5) is 4.39 Å². The summed E-state index contributed by atoms with van der Waals surface area (Å²) in [5.41, 5.74) is 6.57. The molecule has 96 valence electrons. The van der Waals surface area contributed by atoms with Crippen molar-refractivity contribution >= 4 is 25.8 Å². The van der Waals surface area contributed by atoms with Crippen molar-refractivity contribution in [2.45, 2.75) is 18.9 Å². The molecule has 0 saturated carbocycles. The monoisotopic (exact) mass is 323 g/mol. The Morgan fingerprint density at radius 2 is 2.12 bits per heavy atom. The Morgan fingerprint density at radius 3 is 2.71 bits per heavy atom. The van der Waals surface area contributed by atoms with E-state index in [4.69, 9.17) is 5.73 Å². The Kier molecular flexibility index (Phi) is 5.09. The molecule has 0 aromatic heterocycles. The van der Waals surface area contributed by atoms with Gasteiger partial charge in [-0.15, -0.1) is 0 Å². The maximum absolute atomic E-state index is 13.3. The first-order valence-corrected chi connectivity index (χ1v) is 8.04. The first-order chi connectivity index (χ1) is 7.81. The van der Waals surface area contributed by atoms with E-state index < -0.39 is 9.84 Å². The van der Waals surface area contributed by atoms with Gasteiger partial charge in [0.25, 0.3) is 0 Å². The molecule has 0 radical (unpaired) electrons. The van der Waals surface area contributed by atoms with Gasteiger partial charge in [-0.1, -0.05) is 12.1 Å². The van der Waals surface area contributed by atoms with Crippen LogP contribution in [0, 0.1) is 5.82 Å². The maximum atomic E-state index is 13.3. The molecule has 1 rings (SSSR count). The number of hydrogen-bond donors (Lipinski definition) is 1. The summed E-state index contributed by atoms with van der Waals surface area (Å²) in [6.07, 6.45) is 2.18. The van der Waals surface area contributed by atoms with Crippen LogP contribution in [0.15, 0.2) is 22.7 Å². The second-order valence-electron chi connectivity index (χ2n) is 4.02. The summed E-state index contributed by atoms with van der Waals surface area (Å²) in [7, 11) is -2.96. The largest absolute Gasteiger partial charge is 0.324 e. The fraction of sp³-hybridized carbons (Fsp3) is 0.455. The van der Waals surface area contributed by atoms with E-state index in [9.17, 15) is 12.8 Å². The van der Waals surface area contributed by atoms with E-state index >= 15 is 0 Å². The minimum Gasteiger partial charge on any atom is -0.324 e. The lowest BCUT2D eigenvalue weighted by Crippen LogP contribution is -2.13. The van der Waals surface area contributed by atoms with Gasteiger partial charge in [0, 0.05) is 18.1 Å². The van der Waals surface area contributed by atoms with E-state index in [1.54, 1.807) is 12.1 Å². The lowest BCUT2D eigenvalue weighted by Gasteiger charge is -2.13. The molecule has 1 atom stereocenters. The van der Waals surface area contributed by atoms with Gasteiger partial charge >= 0.3 is 0 Å². The Hall–Kier alpha value is -0.460. The fourth-order valence-electron chi connectivity index (χ4n) is 1.53.